The van der Waals surface area contributed by atoms with E-state index >= 15 is 0 Å². The van der Waals surface area contributed by atoms with E-state index in [1.165, 1.54) is 17.7 Å². The molecule has 0 aromatic heterocycles. The Labute approximate surface area is 210 Å². The standard InChI is InChI=1S/C29H31F3N2O2/c1-21(2)24-9-11-27(12-10-24)36-20-23-6-3-7-25(17-23)28(35)34-15-13-33(14-16-34)19-22-5-4-8-26(18-22)29(30,31)32/h3-12,17-18,21H,13-16,19-20H2,1-2H3. The molecule has 4 rings (SSSR count). The summed E-state index contributed by atoms with van der Waals surface area (Å²) < 4.78 is 44.9. The summed E-state index contributed by atoms with van der Waals surface area (Å²) >= 11 is 0. The maximum absolute atomic E-state index is 13.1. The number of benzene rings is 3. The molecule has 0 bridgehead atoms. The second-order valence-corrected chi connectivity index (χ2v) is 9.48. The molecule has 1 fully saturated rings. The van der Waals surface area contributed by atoms with Gasteiger partial charge < -0.3 is 9.64 Å². The Kier molecular flexibility index (Phi) is 7.99. The first-order valence-electron chi connectivity index (χ1n) is 12.2. The molecule has 0 radical (unpaired) electrons. The number of hydrogen-bond acceptors (Lipinski definition) is 3. The van der Waals surface area contributed by atoms with Gasteiger partial charge in [0.25, 0.3) is 5.91 Å². The molecular formula is C29H31F3N2O2. The molecule has 1 aliphatic rings. The SMILES string of the molecule is CC(C)c1ccc(OCc2cccc(C(=O)N3CCN(Cc4cccc(C(F)(F)F)c4)CC3)c2)cc1. The Morgan fingerprint density at radius 2 is 1.56 bits per heavy atom. The first-order valence-corrected chi connectivity index (χ1v) is 12.2. The van der Waals surface area contributed by atoms with Crippen molar-refractivity contribution in [3.05, 3.63) is 101 Å². The molecule has 0 atom stereocenters. The maximum atomic E-state index is 13.1. The highest BCUT2D eigenvalue weighted by Crippen LogP contribution is 2.30. The number of nitrogens with zero attached hydrogens (tertiary/aromatic N) is 2. The fourth-order valence-corrected chi connectivity index (χ4v) is 4.31. The van der Waals surface area contributed by atoms with Gasteiger partial charge in [-0.2, -0.15) is 13.2 Å². The van der Waals surface area contributed by atoms with Crippen molar-refractivity contribution in [2.45, 2.75) is 39.1 Å². The number of alkyl halides is 3. The van der Waals surface area contributed by atoms with Gasteiger partial charge in [0.1, 0.15) is 12.4 Å². The normalized spacial score (nSPS) is 14.8. The molecule has 3 aromatic carbocycles. The van der Waals surface area contributed by atoms with E-state index in [1.807, 2.05) is 30.3 Å². The van der Waals surface area contributed by atoms with Crippen LogP contribution in [0.1, 0.15) is 52.4 Å². The van der Waals surface area contributed by atoms with E-state index in [9.17, 15) is 18.0 Å². The van der Waals surface area contributed by atoms with E-state index in [1.54, 1.807) is 17.0 Å². The highest BCUT2D eigenvalue weighted by Gasteiger charge is 2.30. The number of ether oxygens (including phenoxy) is 1. The third-order valence-electron chi connectivity index (χ3n) is 6.45. The zero-order chi connectivity index (χ0) is 25.7. The molecule has 1 aliphatic heterocycles. The van der Waals surface area contributed by atoms with Crippen molar-refractivity contribution in [3.63, 3.8) is 0 Å². The van der Waals surface area contributed by atoms with Gasteiger partial charge in [-0.1, -0.05) is 56.3 Å². The fraction of sp³-hybridized carbons (Fsp3) is 0.345. The Morgan fingerprint density at radius 3 is 2.22 bits per heavy atom. The summed E-state index contributed by atoms with van der Waals surface area (Å²) in [6, 6.07) is 20.9. The number of halogens is 3. The van der Waals surface area contributed by atoms with E-state index in [0.29, 0.717) is 56.4 Å². The molecule has 1 saturated heterocycles. The summed E-state index contributed by atoms with van der Waals surface area (Å²) in [5.41, 5.74) is 2.76. The number of piperazine rings is 1. The van der Waals surface area contributed by atoms with Crippen molar-refractivity contribution in [1.29, 1.82) is 0 Å². The number of carbonyl (C=O) groups is 1. The van der Waals surface area contributed by atoms with Crippen molar-refractivity contribution in [3.8, 4) is 5.75 Å². The van der Waals surface area contributed by atoms with Gasteiger partial charge in [-0.15, -0.1) is 0 Å². The van der Waals surface area contributed by atoms with Crippen LogP contribution in [0.25, 0.3) is 0 Å². The Balaban J connectivity index is 1.30. The van der Waals surface area contributed by atoms with Crippen LogP contribution in [0.3, 0.4) is 0 Å². The van der Waals surface area contributed by atoms with E-state index in [2.05, 4.69) is 30.9 Å². The molecule has 0 saturated carbocycles. The lowest BCUT2D eigenvalue weighted by Gasteiger charge is -2.35. The lowest BCUT2D eigenvalue weighted by atomic mass is 10.0. The van der Waals surface area contributed by atoms with Gasteiger partial charge in [0.15, 0.2) is 0 Å². The number of rotatable bonds is 7. The zero-order valence-corrected chi connectivity index (χ0v) is 20.6. The molecule has 4 nitrogen and oxygen atoms in total. The largest absolute Gasteiger partial charge is 0.489 e. The minimum atomic E-state index is -4.35. The summed E-state index contributed by atoms with van der Waals surface area (Å²) in [5, 5.41) is 0. The average Bonchev–Trinajstić information content (AvgIpc) is 2.87. The summed E-state index contributed by atoms with van der Waals surface area (Å²) in [4.78, 5) is 17.0. The summed E-state index contributed by atoms with van der Waals surface area (Å²) in [6.07, 6.45) is -4.35. The number of carbonyl (C=O) groups excluding carboxylic acids is 1. The molecule has 1 heterocycles. The lowest BCUT2D eigenvalue weighted by Crippen LogP contribution is -2.48. The topological polar surface area (TPSA) is 32.8 Å². The van der Waals surface area contributed by atoms with Crippen LogP contribution in [-0.4, -0.2) is 41.9 Å². The van der Waals surface area contributed by atoms with Crippen molar-refractivity contribution in [1.82, 2.24) is 9.80 Å². The highest BCUT2D eigenvalue weighted by atomic mass is 19.4. The predicted molar refractivity (Wildman–Crippen MR) is 134 cm³/mol. The van der Waals surface area contributed by atoms with Crippen LogP contribution < -0.4 is 4.74 Å². The first-order chi connectivity index (χ1) is 17.2. The van der Waals surface area contributed by atoms with Gasteiger partial charge in [-0.3, -0.25) is 9.69 Å². The second kappa shape index (κ2) is 11.2. The summed E-state index contributed by atoms with van der Waals surface area (Å²) in [5.74, 6) is 1.20. The van der Waals surface area contributed by atoms with Crippen LogP contribution in [0.2, 0.25) is 0 Å². The third kappa shape index (κ3) is 6.66. The summed E-state index contributed by atoms with van der Waals surface area (Å²) in [6.45, 7) is 7.36. The minimum Gasteiger partial charge on any atom is -0.489 e. The lowest BCUT2D eigenvalue weighted by molar-refractivity contribution is -0.137. The minimum absolute atomic E-state index is 0.0446. The van der Waals surface area contributed by atoms with Crippen LogP contribution in [0.5, 0.6) is 5.75 Å². The summed E-state index contributed by atoms with van der Waals surface area (Å²) in [7, 11) is 0. The van der Waals surface area contributed by atoms with Gasteiger partial charge >= 0.3 is 6.18 Å². The zero-order valence-electron chi connectivity index (χ0n) is 20.6. The fourth-order valence-electron chi connectivity index (χ4n) is 4.31. The van der Waals surface area contributed by atoms with Gasteiger partial charge in [0.05, 0.1) is 5.56 Å². The van der Waals surface area contributed by atoms with E-state index in [-0.39, 0.29) is 5.91 Å². The average molecular weight is 497 g/mol. The molecule has 0 unspecified atom stereocenters. The Morgan fingerprint density at radius 1 is 0.889 bits per heavy atom. The van der Waals surface area contributed by atoms with Crippen LogP contribution in [-0.2, 0) is 19.3 Å². The third-order valence-corrected chi connectivity index (χ3v) is 6.45. The van der Waals surface area contributed by atoms with E-state index in [4.69, 9.17) is 4.74 Å². The van der Waals surface area contributed by atoms with Gasteiger partial charge in [-0.05, 0) is 52.9 Å². The molecule has 7 heteroatoms. The molecular weight excluding hydrogens is 465 g/mol. The van der Waals surface area contributed by atoms with Gasteiger partial charge in [-0.25, -0.2) is 0 Å². The van der Waals surface area contributed by atoms with Crippen molar-refractivity contribution < 1.29 is 22.7 Å². The highest BCUT2D eigenvalue weighted by molar-refractivity contribution is 5.94. The van der Waals surface area contributed by atoms with Gasteiger partial charge in [0, 0.05) is 38.3 Å². The van der Waals surface area contributed by atoms with Crippen LogP contribution in [0, 0.1) is 0 Å². The first kappa shape index (κ1) is 25.8. The molecule has 0 spiro atoms. The second-order valence-electron chi connectivity index (χ2n) is 9.48. The smallest absolute Gasteiger partial charge is 0.416 e. The molecule has 1 amide bonds. The monoisotopic (exact) mass is 496 g/mol. The molecule has 0 N–H and O–H groups in total. The van der Waals surface area contributed by atoms with Gasteiger partial charge in [0.2, 0.25) is 0 Å². The van der Waals surface area contributed by atoms with E-state index < -0.39 is 11.7 Å². The van der Waals surface area contributed by atoms with Crippen molar-refractivity contribution in [2.24, 2.45) is 0 Å². The van der Waals surface area contributed by atoms with Crippen LogP contribution >= 0.6 is 0 Å². The number of hydrogen-bond donors (Lipinski definition) is 0. The molecule has 36 heavy (non-hydrogen) atoms. The predicted octanol–water partition coefficient (Wildman–Crippen LogP) is 6.37. The molecule has 3 aromatic rings. The quantitative estimate of drug-likeness (QED) is 0.381. The van der Waals surface area contributed by atoms with Crippen molar-refractivity contribution >= 4 is 5.91 Å². The Bertz CT molecular complexity index is 1170. The number of amides is 1. The Hall–Kier alpha value is -3.32. The van der Waals surface area contributed by atoms with Crippen molar-refractivity contribution in [2.75, 3.05) is 26.2 Å². The van der Waals surface area contributed by atoms with E-state index in [0.717, 1.165) is 17.4 Å². The molecule has 0 aliphatic carbocycles. The maximum Gasteiger partial charge on any atom is 0.416 e. The molecule has 190 valence electrons. The van der Waals surface area contributed by atoms with Crippen LogP contribution in [0.15, 0.2) is 72.8 Å². The van der Waals surface area contributed by atoms with Crippen LogP contribution in [0.4, 0.5) is 13.2 Å².